The molecule has 0 aliphatic heterocycles. The van der Waals surface area contributed by atoms with Crippen LogP contribution in [0.3, 0.4) is 0 Å². The Balaban J connectivity index is 1.73. The van der Waals surface area contributed by atoms with Crippen molar-refractivity contribution in [1.82, 2.24) is 0 Å². The van der Waals surface area contributed by atoms with Crippen molar-refractivity contribution in [3.8, 4) is 0 Å². The first-order valence-electron chi connectivity index (χ1n) is 12.2. The smallest absolute Gasteiger partial charge is 0.0651 e. The molecule has 7 atom stereocenters. The van der Waals surface area contributed by atoms with E-state index in [1.54, 1.807) is 5.57 Å². The zero-order valence-electron chi connectivity index (χ0n) is 19.8. The van der Waals surface area contributed by atoms with Crippen molar-refractivity contribution in [3.05, 3.63) is 35.5 Å². The quantitative estimate of drug-likeness (QED) is 0.514. The third-order valence-corrected chi connectivity index (χ3v) is 8.56. The fourth-order valence-electron chi connectivity index (χ4n) is 6.39. The van der Waals surface area contributed by atoms with Gasteiger partial charge in [0, 0.05) is 5.92 Å². The first kappa shape index (κ1) is 23.8. The van der Waals surface area contributed by atoms with Gasteiger partial charge in [-0.3, -0.25) is 0 Å². The van der Waals surface area contributed by atoms with E-state index < -0.39 is 17.8 Å². The minimum absolute atomic E-state index is 0.152. The van der Waals surface area contributed by atoms with E-state index in [9.17, 15) is 15.3 Å². The van der Waals surface area contributed by atoms with Gasteiger partial charge in [-0.15, -0.1) is 0 Å². The molecule has 3 heteroatoms. The van der Waals surface area contributed by atoms with E-state index in [1.807, 2.05) is 13.8 Å². The first-order valence-corrected chi connectivity index (χ1v) is 12.2. The summed E-state index contributed by atoms with van der Waals surface area (Å²) in [4.78, 5) is 0. The van der Waals surface area contributed by atoms with Crippen LogP contribution in [0.4, 0.5) is 0 Å². The molecule has 0 aromatic heterocycles. The van der Waals surface area contributed by atoms with Crippen molar-refractivity contribution >= 4 is 0 Å². The Morgan fingerprint density at radius 1 is 1.03 bits per heavy atom. The van der Waals surface area contributed by atoms with Crippen LogP contribution in [-0.4, -0.2) is 33.1 Å². The maximum absolute atomic E-state index is 10.2. The van der Waals surface area contributed by atoms with Crippen LogP contribution in [0.15, 0.2) is 35.5 Å². The average Bonchev–Trinajstić information content (AvgIpc) is 3.00. The van der Waals surface area contributed by atoms with Crippen LogP contribution in [-0.2, 0) is 0 Å². The normalized spacial score (nSPS) is 38.7. The number of rotatable bonds is 5. The number of fused-ring (bicyclic) bond motifs is 1. The van der Waals surface area contributed by atoms with Gasteiger partial charge in [0.25, 0.3) is 0 Å². The van der Waals surface area contributed by atoms with Gasteiger partial charge in [0.2, 0.25) is 0 Å². The predicted octanol–water partition coefficient (Wildman–Crippen LogP) is 5.56. The lowest BCUT2D eigenvalue weighted by molar-refractivity contribution is 0.0436. The Hall–Kier alpha value is -0.900. The van der Waals surface area contributed by atoms with Crippen molar-refractivity contribution in [2.45, 2.75) is 104 Å². The molecule has 3 fully saturated rings. The number of aliphatic hydroxyl groups is 3. The highest BCUT2D eigenvalue weighted by Crippen LogP contribution is 2.59. The van der Waals surface area contributed by atoms with Crippen molar-refractivity contribution in [2.75, 3.05) is 0 Å². The maximum Gasteiger partial charge on any atom is 0.0651 e. The monoisotopic (exact) mass is 416 g/mol. The maximum atomic E-state index is 10.2. The van der Waals surface area contributed by atoms with E-state index in [0.717, 1.165) is 0 Å². The van der Waals surface area contributed by atoms with Gasteiger partial charge in [-0.25, -0.2) is 0 Å². The lowest BCUT2D eigenvalue weighted by Crippen LogP contribution is -2.35. The third-order valence-electron chi connectivity index (χ3n) is 8.56. The summed E-state index contributed by atoms with van der Waals surface area (Å²) in [6.45, 7) is 10.7. The molecular weight excluding hydrogens is 372 g/mol. The summed E-state index contributed by atoms with van der Waals surface area (Å²) in [7, 11) is 0. The van der Waals surface area contributed by atoms with Crippen LogP contribution in [0.1, 0.15) is 86.0 Å². The molecule has 0 aromatic rings. The summed E-state index contributed by atoms with van der Waals surface area (Å²) in [5.41, 5.74) is 2.43. The standard InChI is InChI=1S/C27H44O3/c1-18(8-9-19(2)26(3,4)30)24-12-13-25-21(7-6-14-27(24,25)5)11-10-20-15-22(28)17-23(29)16-20/h8-11,18-19,22-25,28-30H,6-7,12-17H2,1-5H3/b9-8-,21-11+/t18-,19+,22-,23-,24-,25+,27-/m1/s1. The lowest BCUT2D eigenvalue weighted by Gasteiger charge is -2.44. The predicted molar refractivity (Wildman–Crippen MR) is 124 cm³/mol. The van der Waals surface area contributed by atoms with E-state index >= 15 is 0 Å². The molecular formula is C27H44O3. The molecule has 0 unspecified atom stereocenters. The van der Waals surface area contributed by atoms with Crippen LogP contribution in [0.2, 0.25) is 0 Å². The molecule has 0 radical (unpaired) electrons. The van der Waals surface area contributed by atoms with E-state index in [-0.39, 0.29) is 5.92 Å². The van der Waals surface area contributed by atoms with Gasteiger partial charge in [-0.1, -0.05) is 56.2 Å². The average molecular weight is 417 g/mol. The summed E-state index contributed by atoms with van der Waals surface area (Å²) >= 11 is 0. The zero-order valence-corrected chi connectivity index (χ0v) is 19.8. The molecule has 3 aliphatic carbocycles. The fraction of sp³-hybridized carbons (Fsp3) is 0.778. The second-order valence-electron chi connectivity index (χ2n) is 11.3. The minimum Gasteiger partial charge on any atom is -0.393 e. The Morgan fingerprint density at radius 3 is 2.33 bits per heavy atom. The largest absolute Gasteiger partial charge is 0.393 e. The summed E-state index contributed by atoms with van der Waals surface area (Å²) in [5.74, 6) is 2.00. The lowest BCUT2D eigenvalue weighted by atomic mass is 9.61. The number of allylic oxidation sites excluding steroid dienone is 4. The molecule has 0 heterocycles. The van der Waals surface area contributed by atoms with Gasteiger partial charge in [0.1, 0.15) is 0 Å². The topological polar surface area (TPSA) is 60.7 Å². The number of hydrogen-bond donors (Lipinski definition) is 3. The number of hydrogen-bond acceptors (Lipinski definition) is 3. The minimum atomic E-state index is -0.674. The second-order valence-corrected chi connectivity index (χ2v) is 11.3. The Labute approximate surface area is 184 Å². The molecule has 170 valence electrons. The van der Waals surface area contributed by atoms with E-state index in [2.05, 4.69) is 45.1 Å². The molecule has 0 amide bonds. The Bertz CT molecular complexity index is 671. The molecule has 3 nitrogen and oxygen atoms in total. The number of aliphatic hydroxyl groups excluding tert-OH is 2. The molecule has 0 aromatic carbocycles. The highest BCUT2D eigenvalue weighted by molar-refractivity contribution is 5.26. The molecule has 3 saturated carbocycles. The molecule has 0 spiro atoms. The van der Waals surface area contributed by atoms with Crippen LogP contribution in [0.5, 0.6) is 0 Å². The second kappa shape index (κ2) is 9.30. The van der Waals surface area contributed by atoms with Gasteiger partial charge in [-0.2, -0.15) is 0 Å². The molecule has 30 heavy (non-hydrogen) atoms. The molecule has 3 N–H and O–H groups in total. The Morgan fingerprint density at radius 2 is 1.70 bits per heavy atom. The van der Waals surface area contributed by atoms with Crippen molar-refractivity contribution in [2.24, 2.45) is 29.1 Å². The van der Waals surface area contributed by atoms with Crippen LogP contribution in [0, 0.1) is 29.1 Å². The molecule has 3 aliphatic rings. The van der Waals surface area contributed by atoms with Gasteiger partial charge in [-0.05, 0) is 88.4 Å². The first-order chi connectivity index (χ1) is 14.0. The Kier molecular flexibility index (Phi) is 7.37. The molecule has 0 saturated heterocycles. The van der Waals surface area contributed by atoms with E-state index in [4.69, 9.17) is 0 Å². The van der Waals surface area contributed by atoms with Crippen LogP contribution < -0.4 is 0 Å². The highest BCUT2D eigenvalue weighted by Gasteiger charge is 2.50. The van der Waals surface area contributed by atoms with Gasteiger partial charge >= 0.3 is 0 Å². The van der Waals surface area contributed by atoms with E-state index in [0.29, 0.717) is 42.4 Å². The van der Waals surface area contributed by atoms with Gasteiger partial charge in [0.05, 0.1) is 17.8 Å². The van der Waals surface area contributed by atoms with Gasteiger partial charge in [0.15, 0.2) is 0 Å². The third kappa shape index (κ3) is 5.29. The van der Waals surface area contributed by atoms with Crippen LogP contribution >= 0.6 is 0 Å². The van der Waals surface area contributed by atoms with Crippen molar-refractivity contribution in [3.63, 3.8) is 0 Å². The molecule has 0 bridgehead atoms. The summed E-state index contributed by atoms with van der Waals surface area (Å²) in [5, 5.41) is 30.2. The van der Waals surface area contributed by atoms with Crippen LogP contribution in [0.25, 0.3) is 0 Å². The summed E-state index contributed by atoms with van der Waals surface area (Å²) in [6, 6.07) is 0. The SMILES string of the molecule is C[C@H](/C=C\[C@H](C)C(C)(C)O)[C@H]1CC[C@H]2/C(=C/C=C3C[C@@H](O)C[C@H](O)C3)CCC[C@]12C. The summed E-state index contributed by atoms with van der Waals surface area (Å²) < 4.78 is 0. The van der Waals surface area contributed by atoms with Crippen molar-refractivity contribution < 1.29 is 15.3 Å². The van der Waals surface area contributed by atoms with Gasteiger partial charge < -0.3 is 15.3 Å². The summed E-state index contributed by atoms with van der Waals surface area (Å²) in [6.07, 6.45) is 16.5. The highest BCUT2D eigenvalue weighted by atomic mass is 16.3. The fourth-order valence-corrected chi connectivity index (χ4v) is 6.39. The zero-order chi connectivity index (χ0) is 22.1. The van der Waals surface area contributed by atoms with Crippen molar-refractivity contribution in [1.29, 1.82) is 0 Å². The molecule has 3 rings (SSSR count). The van der Waals surface area contributed by atoms with E-state index in [1.165, 1.54) is 37.7 Å².